The highest BCUT2D eigenvalue weighted by molar-refractivity contribution is 6.31. The Labute approximate surface area is 233 Å². The summed E-state index contributed by atoms with van der Waals surface area (Å²) in [5, 5.41) is 20.3. The lowest BCUT2D eigenvalue weighted by Gasteiger charge is -2.39. The number of carbonyl (C=O) groups excluding carboxylic acids is 1. The molecule has 1 fully saturated rings. The van der Waals surface area contributed by atoms with Crippen LogP contribution >= 0.6 is 11.6 Å². The van der Waals surface area contributed by atoms with Crippen molar-refractivity contribution in [3.63, 3.8) is 0 Å². The Balaban J connectivity index is 1.98. The predicted octanol–water partition coefficient (Wildman–Crippen LogP) is 6.73. The fraction of sp³-hybridized carbons (Fsp3) is 0.250. The van der Waals surface area contributed by atoms with Crippen molar-refractivity contribution in [2.75, 3.05) is 0 Å². The SMILES string of the molecule is O=C(O)C1CC(Cc2ccccc2)(C(=O)O)N(C(=O)c2ccc(C(F)(F)F)cc2)C1c1cc(C(F)(F)F)ccc1Cl. The zero-order valence-corrected chi connectivity index (χ0v) is 21.5. The Morgan fingerprint density at radius 1 is 0.854 bits per heavy atom. The molecule has 3 aromatic carbocycles. The minimum atomic E-state index is -4.90. The molecule has 1 aliphatic heterocycles. The first-order valence-electron chi connectivity index (χ1n) is 11.9. The quantitative estimate of drug-likeness (QED) is 0.306. The molecule has 6 nitrogen and oxygen atoms in total. The fourth-order valence-electron chi connectivity index (χ4n) is 5.16. The van der Waals surface area contributed by atoms with Gasteiger partial charge in [-0.3, -0.25) is 9.59 Å². The summed E-state index contributed by atoms with van der Waals surface area (Å²) in [4.78, 5) is 40.1. The zero-order valence-electron chi connectivity index (χ0n) is 20.7. The molecule has 3 atom stereocenters. The Hall–Kier alpha value is -4.06. The van der Waals surface area contributed by atoms with E-state index in [4.69, 9.17) is 11.6 Å². The van der Waals surface area contributed by atoms with Crippen molar-refractivity contribution >= 4 is 29.4 Å². The fourth-order valence-corrected chi connectivity index (χ4v) is 5.39. The van der Waals surface area contributed by atoms with Crippen LogP contribution in [0.2, 0.25) is 5.02 Å². The smallest absolute Gasteiger partial charge is 0.416 e. The predicted molar refractivity (Wildman–Crippen MR) is 133 cm³/mol. The largest absolute Gasteiger partial charge is 0.481 e. The molecule has 13 heteroatoms. The van der Waals surface area contributed by atoms with Gasteiger partial charge in [0.25, 0.3) is 5.91 Å². The van der Waals surface area contributed by atoms with Gasteiger partial charge in [0.15, 0.2) is 0 Å². The molecule has 0 aliphatic carbocycles. The van der Waals surface area contributed by atoms with Gasteiger partial charge in [0.2, 0.25) is 0 Å². The number of carboxylic acid groups (broad SMARTS) is 2. The maximum Gasteiger partial charge on any atom is 0.416 e. The van der Waals surface area contributed by atoms with E-state index in [9.17, 15) is 50.9 Å². The van der Waals surface area contributed by atoms with Gasteiger partial charge in [-0.1, -0.05) is 41.9 Å². The van der Waals surface area contributed by atoms with Crippen molar-refractivity contribution in [2.24, 2.45) is 5.92 Å². The summed E-state index contributed by atoms with van der Waals surface area (Å²) < 4.78 is 80.4. The lowest BCUT2D eigenvalue weighted by atomic mass is 9.84. The van der Waals surface area contributed by atoms with E-state index in [-0.39, 0.29) is 5.02 Å². The number of aliphatic carboxylic acids is 2. The first-order valence-corrected chi connectivity index (χ1v) is 12.3. The second kappa shape index (κ2) is 10.7. The van der Waals surface area contributed by atoms with Crippen LogP contribution in [0.4, 0.5) is 26.3 Å². The maximum absolute atomic E-state index is 14.0. The standard InChI is InChI=1S/C28H20ClF6NO5/c29-21-11-10-18(28(33,34)35)12-19(21)22-20(24(38)39)14-26(25(40)41,13-15-4-2-1-3-5-15)36(22)23(37)16-6-8-17(9-7-16)27(30,31)32/h1-12,20,22H,13-14H2,(H,38,39)(H,40,41). The molecule has 4 rings (SSSR count). The number of amides is 1. The number of carboxylic acids is 2. The third-order valence-corrected chi connectivity index (χ3v) is 7.40. The molecule has 216 valence electrons. The van der Waals surface area contributed by atoms with Gasteiger partial charge in [-0.05, 0) is 60.0 Å². The number of alkyl halides is 6. The van der Waals surface area contributed by atoms with Gasteiger partial charge in [0, 0.05) is 17.0 Å². The summed E-state index contributed by atoms with van der Waals surface area (Å²) in [6.45, 7) is 0. The molecule has 0 saturated carbocycles. The number of carbonyl (C=O) groups is 3. The number of rotatable bonds is 6. The molecule has 1 amide bonds. The lowest BCUT2D eigenvalue weighted by Crippen LogP contribution is -2.55. The second-order valence-corrected chi connectivity index (χ2v) is 9.98. The number of likely N-dealkylation sites (tertiary alicyclic amines) is 1. The van der Waals surface area contributed by atoms with Gasteiger partial charge < -0.3 is 15.1 Å². The van der Waals surface area contributed by atoms with Crippen LogP contribution in [0.5, 0.6) is 0 Å². The van der Waals surface area contributed by atoms with E-state index in [0.29, 0.717) is 34.7 Å². The molecule has 1 heterocycles. The summed E-state index contributed by atoms with van der Waals surface area (Å²) in [5.74, 6) is -6.20. The molecule has 2 N–H and O–H groups in total. The van der Waals surface area contributed by atoms with Gasteiger partial charge in [-0.2, -0.15) is 26.3 Å². The third-order valence-electron chi connectivity index (χ3n) is 7.05. The average molecular weight is 600 g/mol. The van der Waals surface area contributed by atoms with Crippen LogP contribution in [0, 0.1) is 5.92 Å². The monoisotopic (exact) mass is 599 g/mol. The molecule has 3 aromatic rings. The highest BCUT2D eigenvalue weighted by Crippen LogP contribution is 2.51. The Morgan fingerprint density at radius 3 is 1.93 bits per heavy atom. The van der Waals surface area contributed by atoms with Gasteiger partial charge in [0.1, 0.15) is 5.54 Å². The maximum atomic E-state index is 14.0. The van der Waals surface area contributed by atoms with Gasteiger partial charge in [0.05, 0.1) is 23.1 Å². The molecule has 1 saturated heterocycles. The molecule has 3 unspecified atom stereocenters. The molecule has 0 bridgehead atoms. The van der Waals surface area contributed by atoms with E-state index >= 15 is 0 Å². The van der Waals surface area contributed by atoms with Gasteiger partial charge in [-0.15, -0.1) is 0 Å². The number of halogens is 7. The zero-order chi connectivity index (χ0) is 30.3. The highest BCUT2D eigenvalue weighted by atomic mass is 35.5. The van der Waals surface area contributed by atoms with Crippen LogP contribution in [0.3, 0.4) is 0 Å². The van der Waals surface area contributed by atoms with Crippen molar-refractivity contribution in [3.8, 4) is 0 Å². The minimum absolute atomic E-state index is 0.361. The Morgan fingerprint density at radius 2 is 1.41 bits per heavy atom. The van der Waals surface area contributed by atoms with Gasteiger partial charge >= 0.3 is 24.3 Å². The minimum Gasteiger partial charge on any atom is -0.481 e. The van der Waals surface area contributed by atoms with Crippen molar-refractivity contribution < 1.29 is 50.9 Å². The number of hydrogen-bond donors (Lipinski definition) is 2. The summed E-state index contributed by atoms with van der Waals surface area (Å²) in [6, 6.07) is 10.8. The molecule has 0 spiro atoms. The molecular formula is C28H20ClF6NO5. The van der Waals surface area contributed by atoms with Crippen LogP contribution in [0.25, 0.3) is 0 Å². The summed E-state index contributed by atoms with van der Waals surface area (Å²) in [5.41, 5.74) is -5.20. The van der Waals surface area contributed by atoms with E-state index in [1.165, 1.54) is 12.1 Å². The van der Waals surface area contributed by atoms with Crippen LogP contribution < -0.4 is 0 Å². The summed E-state index contributed by atoms with van der Waals surface area (Å²) in [6.07, 6.45) is -10.8. The highest BCUT2D eigenvalue weighted by Gasteiger charge is 2.61. The van der Waals surface area contributed by atoms with Crippen molar-refractivity contribution in [3.05, 3.63) is 106 Å². The van der Waals surface area contributed by atoms with Crippen molar-refractivity contribution in [2.45, 2.75) is 36.8 Å². The average Bonchev–Trinajstić information content (AvgIpc) is 3.24. The van der Waals surface area contributed by atoms with Crippen molar-refractivity contribution in [1.82, 2.24) is 4.90 Å². The summed E-state index contributed by atoms with van der Waals surface area (Å²) >= 11 is 6.25. The topological polar surface area (TPSA) is 94.9 Å². The number of hydrogen-bond acceptors (Lipinski definition) is 3. The summed E-state index contributed by atoms with van der Waals surface area (Å²) in [7, 11) is 0. The lowest BCUT2D eigenvalue weighted by molar-refractivity contribution is -0.149. The molecule has 0 aromatic heterocycles. The Kier molecular flexibility index (Phi) is 7.83. The molecular weight excluding hydrogens is 580 g/mol. The number of nitrogens with zero attached hydrogens (tertiary/aromatic N) is 1. The van der Waals surface area contributed by atoms with E-state index in [0.717, 1.165) is 18.2 Å². The molecule has 0 radical (unpaired) electrons. The van der Waals surface area contributed by atoms with E-state index < -0.39 is 82.8 Å². The van der Waals surface area contributed by atoms with Crippen molar-refractivity contribution in [1.29, 1.82) is 0 Å². The first kappa shape index (κ1) is 29.9. The van der Waals surface area contributed by atoms with Gasteiger partial charge in [-0.25, -0.2) is 4.79 Å². The van der Waals surface area contributed by atoms with Crippen LogP contribution in [-0.4, -0.2) is 38.5 Å². The van der Waals surface area contributed by atoms with Crippen LogP contribution in [0.1, 0.15) is 45.1 Å². The second-order valence-electron chi connectivity index (χ2n) is 9.58. The van der Waals surface area contributed by atoms with E-state index in [1.807, 2.05) is 0 Å². The first-order chi connectivity index (χ1) is 19.1. The molecule has 1 aliphatic rings. The van der Waals surface area contributed by atoms with Crippen LogP contribution in [0.15, 0.2) is 72.8 Å². The molecule has 41 heavy (non-hydrogen) atoms. The van der Waals surface area contributed by atoms with E-state index in [1.54, 1.807) is 18.2 Å². The van der Waals surface area contributed by atoms with Crippen LogP contribution in [-0.2, 0) is 28.4 Å². The third kappa shape index (κ3) is 5.74. The number of benzene rings is 3. The normalized spacial score (nSPS) is 21.1. The Bertz CT molecular complexity index is 1480. The van der Waals surface area contributed by atoms with E-state index in [2.05, 4.69) is 0 Å².